The number of methoxy groups -OCH3 is 1. The maximum atomic E-state index is 6.37. The molecule has 0 amide bonds. The molecule has 0 fully saturated rings. The number of benzene rings is 2. The summed E-state index contributed by atoms with van der Waals surface area (Å²) in [7, 11) is 1.63. The second kappa shape index (κ2) is 7.32. The molecule has 0 saturated carbocycles. The highest BCUT2D eigenvalue weighted by atomic mass is 16.5. The van der Waals surface area contributed by atoms with E-state index in [2.05, 4.69) is 10.9 Å². The van der Waals surface area contributed by atoms with Gasteiger partial charge >= 0.3 is 0 Å². The van der Waals surface area contributed by atoms with Crippen LogP contribution in [0.3, 0.4) is 0 Å². The van der Waals surface area contributed by atoms with Gasteiger partial charge in [0.25, 0.3) is 0 Å². The quantitative estimate of drug-likeness (QED) is 0.819. The third-order valence-electron chi connectivity index (χ3n) is 4.04. The summed E-state index contributed by atoms with van der Waals surface area (Å²) in [6, 6.07) is 14.8. The van der Waals surface area contributed by atoms with Gasteiger partial charge in [-0.15, -0.1) is 0 Å². The Morgan fingerprint density at radius 1 is 1.04 bits per heavy atom. The highest BCUT2D eigenvalue weighted by Gasteiger charge is 2.18. The van der Waals surface area contributed by atoms with Gasteiger partial charge in [0.1, 0.15) is 24.1 Å². The van der Waals surface area contributed by atoms with Crippen molar-refractivity contribution in [1.82, 2.24) is 0 Å². The maximum absolute atomic E-state index is 6.37. The highest BCUT2D eigenvalue weighted by Crippen LogP contribution is 2.28. The standard InChI is InChI=1S/C19H21N3O2/c1-23-16-6-2-4-13(10-16)18(20)19(21)14-5-3-7-17(11-14)24-12-15-8-9-22-15/h2-8,10-11,15,18-19H,12,20-21H2,1H3/t15-,18-,19-/m1/s1. The molecule has 0 aromatic heterocycles. The zero-order valence-electron chi connectivity index (χ0n) is 13.6. The van der Waals surface area contributed by atoms with Crippen LogP contribution >= 0.6 is 0 Å². The summed E-state index contributed by atoms with van der Waals surface area (Å²) >= 11 is 0. The number of hydrogen-bond acceptors (Lipinski definition) is 5. The molecule has 1 heterocycles. The van der Waals surface area contributed by atoms with Crippen molar-refractivity contribution in [1.29, 1.82) is 0 Å². The third-order valence-corrected chi connectivity index (χ3v) is 4.04. The van der Waals surface area contributed by atoms with Crippen LogP contribution in [0.1, 0.15) is 23.2 Å². The predicted octanol–water partition coefficient (Wildman–Crippen LogP) is 2.38. The summed E-state index contributed by atoms with van der Waals surface area (Å²) < 4.78 is 11.0. The van der Waals surface area contributed by atoms with Crippen molar-refractivity contribution in [3.63, 3.8) is 0 Å². The minimum absolute atomic E-state index is 0.0985. The zero-order valence-corrected chi connectivity index (χ0v) is 13.6. The number of nitrogens with zero attached hydrogens (tertiary/aromatic N) is 1. The van der Waals surface area contributed by atoms with Crippen LogP contribution in [-0.4, -0.2) is 25.6 Å². The van der Waals surface area contributed by atoms with Crippen LogP contribution in [0.2, 0.25) is 0 Å². The van der Waals surface area contributed by atoms with E-state index in [0.29, 0.717) is 6.61 Å². The molecule has 0 radical (unpaired) electrons. The van der Waals surface area contributed by atoms with E-state index in [1.54, 1.807) is 7.11 Å². The van der Waals surface area contributed by atoms with E-state index in [1.165, 1.54) is 0 Å². The first-order valence-electron chi connectivity index (χ1n) is 7.84. The smallest absolute Gasteiger partial charge is 0.120 e. The second-order valence-corrected chi connectivity index (χ2v) is 5.70. The summed E-state index contributed by atoms with van der Waals surface area (Å²) in [6.07, 6.45) is 1.88. The molecule has 5 nitrogen and oxygen atoms in total. The molecule has 0 spiro atoms. The Balaban J connectivity index is 1.70. The fraction of sp³-hybridized carbons (Fsp3) is 0.263. The van der Waals surface area contributed by atoms with Crippen molar-refractivity contribution < 1.29 is 9.47 Å². The number of rotatable bonds is 7. The molecule has 0 bridgehead atoms. The molecule has 0 aliphatic carbocycles. The highest BCUT2D eigenvalue weighted by molar-refractivity contribution is 5.60. The van der Waals surface area contributed by atoms with Crippen molar-refractivity contribution >= 4 is 5.87 Å². The van der Waals surface area contributed by atoms with Gasteiger partial charge in [-0.25, -0.2) is 4.99 Å². The van der Waals surface area contributed by atoms with Crippen LogP contribution in [0.25, 0.3) is 0 Å². The first-order chi connectivity index (χ1) is 11.7. The Kier molecular flexibility index (Phi) is 4.96. The first kappa shape index (κ1) is 16.3. The second-order valence-electron chi connectivity index (χ2n) is 5.70. The molecule has 1 aliphatic heterocycles. The summed E-state index contributed by atoms with van der Waals surface area (Å²) in [5.41, 5.74) is 14.6. The minimum Gasteiger partial charge on any atom is -0.497 e. The van der Waals surface area contributed by atoms with Gasteiger partial charge in [0.05, 0.1) is 7.11 Å². The van der Waals surface area contributed by atoms with Crippen LogP contribution < -0.4 is 20.9 Å². The first-order valence-corrected chi connectivity index (χ1v) is 7.84. The van der Waals surface area contributed by atoms with Gasteiger partial charge in [0.15, 0.2) is 0 Å². The molecular weight excluding hydrogens is 302 g/mol. The Hall–Kier alpha value is -2.59. The van der Waals surface area contributed by atoms with E-state index in [9.17, 15) is 0 Å². The fourth-order valence-corrected chi connectivity index (χ4v) is 2.52. The molecule has 4 N–H and O–H groups in total. The molecule has 5 heteroatoms. The van der Waals surface area contributed by atoms with Gasteiger partial charge in [-0.3, -0.25) is 0 Å². The van der Waals surface area contributed by atoms with E-state index in [-0.39, 0.29) is 18.1 Å². The zero-order chi connectivity index (χ0) is 16.9. The van der Waals surface area contributed by atoms with Gasteiger partial charge in [-0.2, -0.15) is 0 Å². The van der Waals surface area contributed by atoms with E-state index in [4.69, 9.17) is 20.9 Å². The van der Waals surface area contributed by atoms with Crippen molar-refractivity contribution in [2.75, 3.05) is 13.7 Å². The summed E-state index contributed by atoms with van der Waals surface area (Å²) in [6.45, 7) is 0.508. The van der Waals surface area contributed by atoms with Crippen LogP contribution in [0.4, 0.5) is 0 Å². The molecule has 3 atom stereocenters. The molecule has 2 aromatic carbocycles. The summed E-state index contributed by atoms with van der Waals surface area (Å²) in [5, 5.41) is 0. The van der Waals surface area contributed by atoms with E-state index >= 15 is 0 Å². The lowest BCUT2D eigenvalue weighted by molar-refractivity contribution is 0.305. The Morgan fingerprint density at radius 2 is 1.62 bits per heavy atom. The molecular formula is C19H21N3O2. The maximum Gasteiger partial charge on any atom is 0.120 e. The summed E-state index contributed by atoms with van der Waals surface area (Å²) in [4.78, 5) is 4.04. The normalized spacial score (nSPS) is 17.9. The molecule has 24 heavy (non-hydrogen) atoms. The van der Waals surface area contributed by atoms with Gasteiger partial charge in [0, 0.05) is 18.2 Å². The number of aliphatic imine (C=N–C) groups is 1. The third kappa shape index (κ3) is 3.66. The van der Waals surface area contributed by atoms with Gasteiger partial charge < -0.3 is 20.9 Å². The lowest BCUT2D eigenvalue weighted by atomic mass is 9.94. The average molecular weight is 323 g/mol. The molecule has 3 rings (SSSR count). The molecule has 1 aliphatic rings. The van der Waals surface area contributed by atoms with Crippen LogP contribution in [0, 0.1) is 0 Å². The van der Waals surface area contributed by atoms with Gasteiger partial charge in [-0.1, -0.05) is 24.3 Å². The number of nitrogens with two attached hydrogens (primary N) is 2. The lowest BCUT2D eigenvalue weighted by Gasteiger charge is -2.22. The Morgan fingerprint density at radius 3 is 2.17 bits per heavy atom. The van der Waals surface area contributed by atoms with Crippen LogP contribution in [-0.2, 0) is 0 Å². The van der Waals surface area contributed by atoms with Crippen LogP contribution in [0.5, 0.6) is 11.5 Å². The summed E-state index contributed by atoms with van der Waals surface area (Å²) in [5.74, 6) is 4.27. The van der Waals surface area contributed by atoms with Crippen LogP contribution in [0.15, 0.2) is 59.6 Å². The fourth-order valence-electron chi connectivity index (χ4n) is 2.52. The average Bonchev–Trinajstić information content (AvgIpc) is 2.59. The Bertz CT molecular complexity index is 761. The van der Waals surface area contributed by atoms with E-state index in [0.717, 1.165) is 22.6 Å². The number of hydrogen-bond donors (Lipinski definition) is 2. The predicted molar refractivity (Wildman–Crippen MR) is 94.6 cm³/mol. The van der Waals surface area contributed by atoms with E-state index in [1.807, 2.05) is 54.6 Å². The topological polar surface area (TPSA) is 82.9 Å². The lowest BCUT2D eigenvalue weighted by Crippen LogP contribution is -2.26. The molecule has 124 valence electrons. The van der Waals surface area contributed by atoms with Crippen molar-refractivity contribution in [3.05, 3.63) is 65.7 Å². The molecule has 0 unspecified atom stereocenters. The molecule has 2 aromatic rings. The van der Waals surface area contributed by atoms with Gasteiger partial charge in [0.2, 0.25) is 0 Å². The van der Waals surface area contributed by atoms with Crippen molar-refractivity contribution in [3.8, 4) is 11.5 Å². The minimum atomic E-state index is -0.345. The van der Waals surface area contributed by atoms with Crippen molar-refractivity contribution in [2.45, 2.75) is 18.1 Å². The van der Waals surface area contributed by atoms with Crippen molar-refractivity contribution in [2.24, 2.45) is 16.5 Å². The Labute approximate surface area is 141 Å². The monoisotopic (exact) mass is 323 g/mol. The largest absolute Gasteiger partial charge is 0.497 e. The number of ether oxygens (including phenoxy) is 2. The SMILES string of the molecule is COc1cccc([C@@H](N)[C@H](N)c2cccc(OC[C@H]3C=C=N3)c2)c1. The van der Waals surface area contributed by atoms with Gasteiger partial charge in [-0.05, 0) is 41.3 Å². The molecule has 0 saturated heterocycles. The van der Waals surface area contributed by atoms with E-state index < -0.39 is 0 Å².